The fraction of sp³-hybridized carbons (Fsp3) is 0.474. The number of hydrogen-bond donors (Lipinski definition) is 1. The summed E-state index contributed by atoms with van der Waals surface area (Å²) in [6.45, 7) is 5.31. The highest BCUT2D eigenvalue weighted by molar-refractivity contribution is 5.85. The van der Waals surface area contributed by atoms with Crippen LogP contribution in [0.2, 0.25) is 0 Å². The third-order valence-corrected chi connectivity index (χ3v) is 4.83. The van der Waals surface area contributed by atoms with E-state index in [4.69, 9.17) is 9.52 Å². The van der Waals surface area contributed by atoms with Gasteiger partial charge in [-0.1, -0.05) is 13.0 Å². The Morgan fingerprint density at radius 1 is 1.41 bits per heavy atom. The number of piperidine rings is 1. The summed E-state index contributed by atoms with van der Waals surface area (Å²) in [5, 5.41) is 9.01. The second-order valence-electron chi connectivity index (χ2n) is 6.62. The fourth-order valence-electron chi connectivity index (χ4n) is 3.48. The Morgan fingerprint density at radius 3 is 2.78 bits per heavy atom. The Morgan fingerprint density at radius 2 is 2.15 bits per heavy atom. The molecule has 27 heavy (non-hydrogen) atoms. The van der Waals surface area contributed by atoms with Gasteiger partial charge in [0, 0.05) is 31.2 Å². The predicted molar refractivity (Wildman–Crippen MR) is 102 cm³/mol. The minimum atomic E-state index is -0.776. The highest BCUT2D eigenvalue weighted by Crippen LogP contribution is 2.22. The number of carboxylic acids is 1. The first-order valence-electron chi connectivity index (χ1n) is 8.93. The molecule has 8 heteroatoms. The first-order valence-corrected chi connectivity index (χ1v) is 8.93. The molecule has 1 saturated heterocycles. The Balaban J connectivity index is 0.00000261. The van der Waals surface area contributed by atoms with Crippen LogP contribution in [0, 0.1) is 5.82 Å². The number of oxazole rings is 1. The van der Waals surface area contributed by atoms with Crippen molar-refractivity contribution in [3.05, 3.63) is 42.0 Å². The summed E-state index contributed by atoms with van der Waals surface area (Å²) >= 11 is 0. The highest BCUT2D eigenvalue weighted by Gasteiger charge is 2.25. The van der Waals surface area contributed by atoms with Crippen molar-refractivity contribution in [2.24, 2.45) is 0 Å². The molecule has 0 spiro atoms. The normalized spacial score (nSPS) is 15.7. The Kier molecular flexibility index (Phi) is 7.77. The molecule has 1 fully saturated rings. The molecule has 0 amide bonds. The van der Waals surface area contributed by atoms with Gasteiger partial charge in [0.1, 0.15) is 12.1 Å². The minimum absolute atomic E-state index is 0. The van der Waals surface area contributed by atoms with Gasteiger partial charge in [0.05, 0.1) is 12.2 Å². The monoisotopic (exact) mass is 397 g/mol. The van der Waals surface area contributed by atoms with Crippen molar-refractivity contribution >= 4 is 18.4 Å². The molecular weight excluding hydrogens is 373 g/mol. The zero-order valence-corrected chi connectivity index (χ0v) is 16.1. The molecular formula is C19H25ClFN3O3. The summed E-state index contributed by atoms with van der Waals surface area (Å²) in [7, 11) is 0. The molecule has 1 aromatic carbocycles. The van der Waals surface area contributed by atoms with Crippen molar-refractivity contribution in [1.82, 2.24) is 14.8 Å². The lowest BCUT2D eigenvalue weighted by Gasteiger charge is -2.37. The molecule has 6 nitrogen and oxygen atoms in total. The molecule has 1 aliphatic rings. The van der Waals surface area contributed by atoms with Gasteiger partial charge in [-0.05, 0) is 37.6 Å². The van der Waals surface area contributed by atoms with E-state index in [-0.39, 0.29) is 24.8 Å². The molecule has 3 rings (SSSR count). The number of carbonyl (C=O) groups is 1. The maximum Gasteiger partial charge on any atom is 0.317 e. The Hall–Kier alpha value is -1.96. The average molecular weight is 398 g/mol. The fourth-order valence-corrected chi connectivity index (χ4v) is 3.48. The van der Waals surface area contributed by atoms with Crippen molar-refractivity contribution in [1.29, 1.82) is 0 Å². The smallest absolute Gasteiger partial charge is 0.317 e. The van der Waals surface area contributed by atoms with Crippen LogP contribution in [0.25, 0.3) is 11.5 Å². The number of aliphatic carboxylic acids is 1. The summed E-state index contributed by atoms with van der Waals surface area (Å²) in [5.41, 5.74) is 1.45. The molecule has 0 atom stereocenters. The third kappa shape index (κ3) is 5.76. The van der Waals surface area contributed by atoms with Gasteiger partial charge in [0.2, 0.25) is 5.89 Å². The highest BCUT2D eigenvalue weighted by atomic mass is 35.5. The van der Waals surface area contributed by atoms with Crippen LogP contribution < -0.4 is 0 Å². The second kappa shape index (κ2) is 9.82. The number of benzene rings is 1. The van der Waals surface area contributed by atoms with Crippen molar-refractivity contribution in [2.75, 3.05) is 26.2 Å². The van der Waals surface area contributed by atoms with Gasteiger partial charge in [0.15, 0.2) is 0 Å². The summed E-state index contributed by atoms with van der Waals surface area (Å²) in [5.74, 6) is -0.666. The van der Waals surface area contributed by atoms with E-state index in [1.807, 2.05) is 11.8 Å². The maximum absolute atomic E-state index is 13.3. The first kappa shape index (κ1) is 21.3. The Labute approximate surface area is 164 Å². The van der Waals surface area contributed by atoms with Crippen LogP contribution in [0.15, 0.2) is 34.9 Å². The van der Waals surface area contributed by atoms with Crippen LogP contribution in [-0.2, 0) is 11.3 Å². The van der Waals surface area contributed by atoms with E-state index in [9.17, 15) is 9.18 Å². The standard InChI is InChI=1S/C19H24FN3O3.ClH/c1-2-23(12-18(24)25)17-6-8-22(9-7-17)11-16-13-26-19(21-16)14-4-3-5-15(20)10-14;/h3-5,10,13,17H,2,6-9,11-12H2,1H3,(H,24,25);1H. The van der Waals surface area contributed by atoms with E-state index < -0.39 is 5.97 Å². The first-order chi connectivity index (χ1) is 12.5. The number of hydrogen-bond acceptors (Lipinski definition) is 5. The van der Waals surface area contributed by atoms with E-state index in [0.29, 0.717) is 24.0 Å². The average Bonchev–Trinajstić information content (AvgIpc) is 3.09. The number of likely N-dealkylation sites (N-methyl/N-ethyl adjacent to an activating group) is 1. The summed E-state index contributed by atoms with van der Waals surface area (Å²) in [6, 6.07) is 6.51. The molecule has 2 aromatic rings. The van der Waals surface area contributed by atoms with Crippen LogP contribution in [0.1, 0.15) is 25.5 Å². The topological polar surface area (TPSA) is 69.8 Å². The number of nitrogens with zero attached hydrogens (tertiary/aromatic N) is 3. The second-order valence-corrected chi connectivity index (χ2v) is 6.62. The molecule has 1 N–H and O–H groups in total. The Bertz CT molecular complexity index is 747. The molecule has 0 bridgehead atoms. The number of likely N-dealkylation sites (tertiary alicyclic amines) is 1. The van der Waals surface area contributed by atoms with Crippen LogP contribution in [-0.4, -0.2) is 58.1 Å². The van der Waals surface area contributed by atoms with Crippen LogP contribution >= 0.6 is 12.4 Å². The van der Waals surface area contributed by atoms with Gasteiger partial charge >= 0.3 is 5.97 Å². The molecule has 0 saturated carbocycles. The van der Waals surface area contributed by atoms with Crippen molar-refractivity contribution in [2.45, 2.75) is 32.4 Å². The number of rotatable bonds is 7. The van der Waals surface area contributed by atoms with Crippen molar-refractivity contribution in [3.63, 3.8) is 0 Å². The SMILES string of the molecule is CCN(CC(=O)O)C1CCN(Cc2coc(-c3cccc(F)c3)n2)CC1.Cl. The molecule has 1 aromatic heterocycles. The van der Waals surface area contributed by atoms with Gasteiger partial charge in [-0.3, -0.25) is 14.6 Å². The minimum Gasteiger partial charge on any atom is -0.480 e. The molecule has 2 heterocycles. The van der Waals surface area contributed by atoms with E-state index in [0.717, 1.165) is 38.2 Å². The predicted octanol–water partition coefficient (Wildman–Crippen LogP) is 3.27. The van der Waals surface area contributed by atoms with E-state index in [1.165, 1.54) is 12.1 Å². The van der Waals surface area contributed by atoms with Gasteiger partial charge in [-0.25, -0.2) is 9.37 Å². The van der Waals surface area contributed by atoms with Crippen molar-refractivity contribution < 1.29 is 18.7 Å². The lowest BCUT2D eigenvalue weighted by Crippen LogP contribution is -2.46. The van der Waals surface area contributed by atoms with Crippen LogP contribution in [0.5, 0.6) is 0 Å². The molecule has 0 radical (unpaired) electrons. The van der Waals surface area contributed by atoms with Gasteiger partial charge in [-0.15, -0.1) is 12.4 Å². The molecule has 0 aliphatic carbocycles. The summed E-state index contributed by atoms with van der Waals surface area (Å²) in [6.07, 6.45) is 3.50. The van der Waals surface area contributed by atoms with Gasteiger partial charge in [-0.2, -0.15) is 0 Å². The van der Waals surface area contributed by atoms with Crippen molar-refractivity contribution in [3.8, 4) is 11.5 Å². The molecule has 0 unspecified atom stereocenters. The lowest BCUT2D eigenvalue weighted by molar-refractivity contribution is -0.139. The summed E-state index contributed by atoms with van der Waals surface area (Å²) < 4.78 is 18.8. The molecule has 148 valence electrons. The largest absolute Gasteiger partial charge is 0.480 e. The van der Waals surface area contributed by atoms with E-state index in [1.54, 1.807) is 18.4 Å². The quantitative estimate of drug-likeness (QED) is 0.773. The van der Waals surface area contributed by atoms with Crippen LogP contribution in [0.3, 0.4) is 0 Å². The van der Waals surface area contributed by atoms with E-state index >= 15 is 0 Å². The molecule has 1 aliphatic heterocycles. The number of carboxylic acid groups (broad SMARTS) is 1. The maximum atomic E-state index is 13.3. The van der Waals surface area contributed by atoms with Crippen LogP contribution in [0.4, 0.5) is 4.39 Å². The van der Waals surface area contributed by atoms with Gasteiger partial charge < -0.3 is 9.52 Å². The lowest BCUT2D eigenvalue weighted by atomic mass is 10.0. The number of aromatic nitrogens is 1. The third-order valence-electron chi connectivity index (χ3n) is 4.83. The number of halogens is 2. The zero-order chi connectivity index (χ0) is 18.5. The zero-order valence-electron chi connectivity index (χ0n) is 15.3. The van der Waals surface area contributed by atoms with Gasteiger partial charge in [0.25, 0.3) is 0 Å². The summed E-state index contributed by atoms with van der Waals surface area (Å²) in [4.78, 5) is 19.7. The van der Waals surface area contributed by atoms with E-state index in [2.05, 4.69) is 9.88 Å².